The first kappa shape index (κ1) is 13.9. The largest absolute Gasteiger partial charge is 0.481 e. The van der Waals surface area contributed by atoms with Gasteiger partial charge in [0.15, 0.2) is 5.16 Å². The molecule has 0 saturated carbocycles. The lowest BCUT2D eigenvalue weighted by Gasteiger charge is -2.07. The van der Waals surface area contributed by atoms with E-state index in [1.807, 2.05) is 25.1 Å². The van der Waals surface area contributed by atoms with Crippen molar-refractivity contribution in [1.29, 1.82) is 0 Å². The average molecular weight is 344 g/mol. The third kappa shape index (κ3) is 3.07. The summed E-state index contributed by atoms with van der Waals surface area (Å²) >= 11 is 4.36. The Balaban J connectivity index is 2.49. The number of nitrogens with zero attached hydrogens (tertiary/aromatic N) is 2. The number of carbonyl (C=O) groups is 1. The maximum Gasteiger partial charge on any atom is 0.348 e. The molecule has 100 valence electrons. The zero-order chi connectivity index (χ0) is 14.0. The van der Waals surface area contributed by atoms with E-state index >= 15 is 0 Å². The summed E-state index contributed by atoms with van der Waals surface area (Å²) in [6, 6.07) is 5.56. The van der Waals surface area contributed by atoms with Crippen molar-refractivity contribution < 1.29 is 9.90 Å². The topological polar surface area (TPSA) is 88.0 Å². The van der Waals surface area contributed by atoms with Gasteiger partial charge in [-0.15, -0.1) is 5.10 Å². The summed E-state index contributed by atoms with van der Waals surface area (Å²) in [5, 5.41) is 15.2. The second kappa shape index (κ2) is 5.62. The lowest BCUT2D eigenvalue weighted by atomic mass is 10.2. The number of carboxylic acids is 1. The first-order valence-electron chi connectivity index (χ1n) is 5.27. The van der Waals surface area contributed by atoms with E-state index in [2.05, 4.69) is 26.1 Å². The maximum atomic E-state index is 11.8. The quantitative estimate of drug-likeness (QED) is 0.826. The van der Waals surface area contributed by atoms with Gasteiger partial charge in [-0.1, -0.05) is 17.8 Å². The minimum absolute atomic E-state index is 0.159. The molecule has 1 aromatic carbocycles. The van der Waals surface area contributed by atoms with Crippen molar-refractivity contribution >= 4 is 33.7 Å². The van der Waals surface area contributed by atoms with E-state index in [0.717, 1.165) is 21.8 Å². The molecule has 19 heavy (non-hydrogen) atoms. The fraction of sp³-hybridized carbons (Fsp3) is 0.182. The molecule has 0 atom stereocenters. The van der Waals surface area contributed by atoms with Crippen LogP contribution in [0.1, 0.15) is 5.56 Å². The number of H-pyrrole nitrogens is 1. The third-order valence-electron chi connectivity index (χ3n) is 2.31. The molecule has 0 amide bonds. The Labute approximate surface area is 121 Å². The van der Waals surface area contributed by atoms with Crippen LogP contribution in [0.15, 0.2) is 32.6 Å². The summed E-state index contributed by atoms with van der Waals surface area (Å²) in [5.41, 5.74) is 1.21. The molecule has 0 bridgehead atoms. The molecule has 8 heteroatoms. The minimum Gasteiger partial charge on any atom is -0.481 e. The van der Waals surface area contributed by atoms with E-state index in [0.29, 0.717) is 10.8 Å². The van der Waals surface area contributed by atoms with Gasteiger partial charge in [-0.05, 0) is 40.5 Å². The molecule has 0 spiro atoms. The summed E-state index contributed by atoms with van der Waals surface area (Å²) in [4.78, 5) is 22.4. The molecule has 1 heterocycles. The Morgan fingerprint density at radius 1 is 1.58 bits per heavy atom. The van der Waals surface area contributed by atoms with Crippen molar-refractivity contribution in [3.63, 3.8) is 0 Å². The first-order valence-corrected chi connectivity index (χ1v) is 7.05. The van der Waals surface area contributed by atoms with E-state index in [4.69, 9.17) is 5.11 Å². The molecular weight excluding hydrogens is 334 g/mol. The van der Waals surface area contributed by atoms with Crippen LogP contribution in [-0.4, -0.2) is 31.6 Å². The van der Waals surface area contributed by atoms with Crippen molar-refractivity contribution in [2.24, 2.45) is 0 Å². The van der Waals surface area contributed by atoms with Crippen LogP contribution in [0.3, 0.4) is 0 Å². The van der Waals surface area contributed by atoms with Gasteiger partial charge in [0.05, 0.1) is 11.4 Å². The highest BCUT2D eigenvalue weighted by Gasteiger charge is 2.14. The molecule has 6 nitrogen and oxygen atoms in total. The molecule has 2 N–H and O–H groups in total. The van der Waals surface area contributed by atoms with Crippen LogP contribution in [0.25, 0.3) is 5.69 Å². The number of thioether (sulfide) groups is 1. The second-order valence-corrected chi connectivity index (χ2v) is 5.58. The number of benzene rings is 1. The summed E-state index contributed by atoms with van der Waals surface area (Å²) in [6.45, 7) is 1.91. The Hall–Kier alpha value is -1.54. The predicted octanol–water partition coefficient (Wildman–Crippen LogP) is 1.81. The highest BCUT2D eigenvalue weighted by atomic mass is 79.9. The molecule has 0 saturated heterocycles. The van der Waals surface area contributed by atoms with Gasteiger partial charge in [-0.25, -0.2) is 14.5 Å². The van der Waals surface area contributed by atoms with Crippen molar-refractivity contribution in [3.8, 4) is 5.69 Å². The smallest absolute Gasteiger partial charge is 0.348 e. The highest BCUT2D eigenvalue weighted by molar-refractivity contribution is 9.10. The van der Waals surface area contributed by atoms with Gasteiger partial charge >= 0.3 is 11.7 Å². The Morgan fingerprint density at radius 2 is 2.32 bits per heavy atom. The molecule has 0 radical (unpaired) electrons. The fourth-order valence-corrected chi connectivity index (χ4v) is 2.61. The van der Waals surface area contributed by atoms with Crippen LogP contribution in [0.2, 0.25) is 0 Å². The average Bonchev–Trinajstić information content (AvgIpc) is 2.71. The van der Waals surface area contributed by atoms with Crippen molar-refractivity contribution in [2.45, 2.75) is 12.1 Å². The van der Waals surface area contributed by atoms with Gasteiger partial charge in [0.2, 0.25) is 0 Å². The number of aromatic nitrogens is 3. The zero-order valence-corrected chi connectivity index (χ0v) is 12.3. The van der Waals surface area contributed by atoms with E-state index in [1.165, 1.54) is 4.57 Å². The number of hydrogen-bond donors (Lipinski definition) is 2. The number of nitrogens with one attached hydrogen (secondary N) is 1. The number of aromatic amines is 1. The van der Waals surface area contributed by atoms with Crippen LogP contribution in [0.5, 0.6) is 0 Å². The number of carboxylic acid groups (broad SMARTS) is 1. The first-order chi connectivity index (χ1) is 8.99. The van der Waals surface area contributed by atoms with E-state index in [1.54, 1.807) is 0 Å². The number of aryl methyl sites for hydroxylation is 1. The van der Waals surface area contributed by atoms with Gasteiger partial charge in [-0.3, -0.25) is 4.79 Å². The highest BCUT2D eigenvalue weighted by Crippen LogP contribution is 2.25. The normalized spacial score (nSPS) is 10.6. The molecule has 2 rings (SSSR count). The van der Waals surface area contributed by atoms with Crippen LogP contribution >= 0.6 is 27.7 Å². The lowest BCUT2D eigenvalue weighted by molar-refractivity contribution is -0.133. The number of hydrogen-bond acceptors (Lipinski definition) is 4. The summed E-state index contributed by atoms with van der Waals surface area (Å²) in [5.74, 6) is -1.12. The SMILES string of the molecule is Cc1ccc(Br)c(-n2c(SCC(=O)O)n[nH]c2=O)c1. The molecule has 1 aromatic heterocycles. The van der Waals surface area contributed by atoms with Gasteiger partial charge in [-0.2, -0.15) is 0 Å². The Kier molecular flexibility index (Phi) is 4.11. The van der Waals surface area contributed by atoms with Crippen LogP contribution in [-0.2, 0) is 4.79 Å². The van der Waals surface area contributed by atoms with Crippen LogP contribution < -0.4 is 5.69 Å². The summed E-state index contributed by atoms with van der Waals surface area (Å²) in [7, 11) is 0. The fourth-order valence-electron chi connectivity index (χ4n) is 1.51. The van der Waals surface area contributed by atoms with Gasteiger partial charge in [0.1, 0.15) is 0 Å². The molecule has 0 aliphatic rings. The number of aliphatic carboxylic acids is 1. The van der Waals surface area contributed by atoms with E-state index in [-0.39, 0.29) is 5.75 Å². The standard InChI is InChI=1S/C11H10BrN3O3S/c1-6-2-3-7(12)8(4-6)15-10(18)13-14-11(15)19-5-9(16)17/h2-4H,5H2,1H3,(H,13,18)(H,16,17). The lowest BCUT2D eigenvalue weighted by Crippen LogP contribution is -2.16. The predicted molar refractivity (Wildman–Crippen MR) is 75.0 cm³/mol. The molecule has 2 aromatic rings. The molecule has 0 unspecified atom stereocenters. The minimum atomic E-state index is -0.963. The molecular formula is C11H10BrN3O3S. The van der Waals surface area contributed by atoms with E-state index < -0.39 is 11.7 Å². The zero-order valence-electron chi connectivity index (χ0n) is 9.88. The van der Waals surface area contributed by atoms with E-state index in [9.17, 15) is 9.59 Å². The maximum absolute atomic E-state index is 11.8. The third-order valence-corrected chi connectivity index (χ3v) is 3.90. The molecule has 0 aliphatic carbocycles. The monoisotopic (exact) mass is 343 g/mol. The summed E-state index contributed by atoms with van der Waals surface area (Å²) < 4.78 is 2.09. The molecule has 0 aliphatic heterocycles. The Bertz CT molecular complexity index is 680. The van der Waals surface area contributed by atoms with Crippen LogP contribution in [0, 0.1) is 6.92 Å². The van der Waals surface area contributed by atoms with Gasteiger partial charge in [0, 0.05) is 4.47 Å². The number of rotatable bonds is 4. The summed E-state index contributed by atoms with van der Waals surface area (Å²) in [6.07, 6.45) is 0. The van der Waals surface area contributed by atoms with Crippen molar-refractivity contribution in [2.75, 3.05) is 5.75 Å². The number of halogens is 1. The van der Waals surface area contributed by atoms with Gasteiger partial charge in [0.25, 0.3) is 0 Å². The van der Waals surface area contributed by atoms with Crippen molar-refractivity contribution in [3.05, 3.63) is 38.7 Å². The Morgan fingerprint density at radius 3 is 3.00 bits per heavy atom. The molecule has 0 fully saturated rings. The van der Waals surface area contributed by atoms with Gasteiger partial charge < -0.3 is 5.11 Å². The van der Waals surface area contributed by atoms with Crippen molar-refractivity contribution in [1.82, 2.24) is 14.8 Å². The van der Waals surface area contributed by atoms with Crippen LogP contribution in [0.4, 0.5) is 0 Å². The second-order valence-electron chi connectivity index (χ2n) is 3.78.